The number of nitrogens with zero attached hydrogens (tertiary/aromatic N) is 1. The second kappa shape index (κ2) is 13.5. The normalized spacial score (nSPS) is 15.3. The Hall–Kier alpha value is -8.20. The van der Waals surface area contributed by atoms with Crippen molar-refractivity contribution in [3.63, 3.8) is 0 Å². The van der Waals surface area contributed by atoms with Gasteiger partial charge in [0.15, 0.2) is 0 Å². The van der Waals surface area contributed by atoms with Crippen LogP contribution in [0, 0.1) is 0 Å². The van der Waals surface area contributed by atoms with Gasteiger partial charge in [-0.25, -0.2) is 0 Å². The molecule has 0 saturated heterocycles. The fourth-order valence-electron chi connectivity index (χ4n) is 13.6. The van der Waals surface area contributed by atoms with Crippen LogP contribution in [-0.4, -0.2) is 0 Å². The van der Waals surface area contributed by atoms with Crippen LogP contribution in [0.4, 0.5) is 17.1 Å². The number of fused-ring (bicyclic) bond motifs is 19. The molecule has 0 N–H and O–H groups in total. The Bertz CT molecular complexity index is 3880. The van der Waals surface area contributed by atoms with Crippen molar-refractivity contribution in [1.82, 2.24) is 0 Å². The first-order chi connectivity index (χ1) is 33.7. The van der Waals surface area contributed by atoms with Crippen molar-refractivity contribution in [1.29, 1.82) is 0 Å². The van der Waals surface area contributed by atoms with Crippen molar-refractivity contribution in [2.45, 2.75) is 43.9 Å². The summed E-state index contributed by atoms with van der Waals surface area (Å²) in [6.07, 6.45) is 0. The van der Waals surface area contributed by atoms with Gasteiger partial charge in [0.2, 0.25) is 0 Å². The second-order valence-electron chi connectivity index (χ2n) is 20.7. The van der Waals surface area contributed by atoms with E-state index in [1.807, 2.05) is 0 Å². The van der Waals surface area contributed by atoms with Gasteiger partial charge in [-0.1, -0.05) is 198 Å². The highest BCUT2D eigenvalue weighted by molar-refractivity contribution is 6.20. The molecule has 0 saturated carbocycles. The highest BCUT2D eigenvalue weighted by atomic mass is 16.3. The molecule has 4 aliphatic carbocycles. The molecule has 1 heterocycles. The third kappa shape index (κ3) is 4.91. The summed E-state index contributed by atoms with van der Waals surface area (Å²) < 4.78 is 7.28. The third-order valence-corrected chi connectivity index (χ3v) is 16.7. The Morgan fingerprint density at radius 1 is 0.333 bits per heavy atom. The van der Waals surface area contributed by atoms with Crippen LogP contribution in [0.1, 0.15) is 72.2 Å². The lowest BCUT2D eigenvalue weighted by Crippen LogP contribution is -2.26. The summed E-state index contributed by atoms with van der Waals surface area (Å²) in [4.78, 5) is 2.62. The lowest BCUT2D eigenvalue weighted by Gasteiger charge is -2.33. The van der Waals surface area contributed by atoms with Crippen molar-refractivity contribution < 1.29 is 4.42 Å². The van der Waals surface area contributed by atoms with E-state index in [9.17, 15) is 0 Å². The zero-order chi connectivity index (χ0) is 46.0. The molecule has 15 rings (SSSR count). The third-order valence-electron chi connectivity index (χ3n) is 16.7. The van der Waals surface area contributed by atoms with Crippen LogP contribution in [0.25, 0.3) is 77.6 Å². The summed E-state index contributed by atoms with van der Waals surface area (Å²) in [7, 11) is 0. The Labute approximate surface area is 402 Å². The van der Waals surface area contributed by atoms with Gasteiger partial charge in [0.1, 0.15) is 11.2 Å². The van der Waals surface area contributed by atoms with Crippen molar-refractivity contribution >= 4 is 39.0 Å². The molecular weight excluding hydrogens is 835 g/mol. The first kappa shape index (κ1) is 38.9. The molecule has 1 aromatic heterocycles. The number of furan rings is 1. The highest BCUT2D eigenvalue weighted by Crippen LogP contribution is 2.67. The van der Waals surface area contributed by atoms with Crippen LogP contribution in [0.2, 0.25) is 0 Å². The van der Waals surface area contributed by atoms with Crippen LogP contribution in [0.5, 0.6) is 0 Å². The van der Waals surface area contributed by atoms with Crippen molar-refractivity contribution in [3.05, 3.63) is 257 Å². The number of hydrogen-bond acceptors (Lipinski definition) is 2. The smallest absolute Gasteiger partial charge is 0.137 e. The maximum absolute atomic E-state index is 7.28. The monoisotopic (exact) mass is 881 g/mol. The molecule has 2 nitrogen and oxygen atoms in total. The Morgan fingerprint density at radius 2 is 0.783 bits per heavy atom. The van der Waals surface area contributed by atoms with Crippen molar-refractivity contribution in [2.24, 2.45) is 0 Å². The summed E-state index contributed by atoms with van der Waals surface area (Å²) in [5.41, 5.74) is 27.4. The molecule has 2 heteroatoms. The van der Waals surface area contributed by atoms with Crippen molar-refractivity contribution in [3.8, 4) is 55.6 Å². The van der Waals surface area contributed by atoms with E-state index in [-0.39, 0.29) is 10.8 Å². The maximum atomic E-state index is 7.28. The summed E-state index contributed by atoms with van der Waals surface area (Å²) in [5, 5.41) is 2.21. The Kier molecular flexibility index (Phi) is 7.60. The molecule has 0 atom stereocenters. The van der Waals surface area contributed by atoms with Gasteiger partial charge in [-0.15, -0.1) is 0 Å². The lowest BCUT2D eigenvalue weighted by molar-refractivity contribution is 0.660. The second-order valence-corrected chi connectivity index (χ2v) is 20.7. The molecule has 69 heavy (non-hydrogen) atoms. The molecule has 0 fully saturated rings. The number of anilines is 3. The van der Waals surface area contributed by atoms with E-state index in [2.05, 4.69) is 245 Å². The largest absolute Gasteiger partial charge is 0.456 e. The molecule has 0 radical (unpaired) electrons. The van der Waals surface area contributed by atoms with Crippen LogP contribution in [0.15, 0.2) is 217 Å². The topological polar surface area (TPSA) is 16.4 Å². The molecule has 0 bridgehead atoms. The summed E-state index contributed by atoms with van der Waals surface area (Å²) in [5.74, 6) is 0. The fourth-order valence-corrected chi connectivity index (χ4v) is 13.6. The zero-order valence-electron chi connectivity index (χ0n) is 39.1. The van der Waals surface area contributed by atoms with Gasteiger partial charge in [0, 0.05) is 33.2 Å². The van der Waals surface area contributed by atoms with Gasteiger partial charge in [-0.2, -0.15) is 0 Å². The van der Waals surface area contributed by atoms with E-state index in [0.29, 0.717) is 0 Å². The molecule has 10 aromatic carbocycles. The SMILES string of the molecule is CC1(C)c2ccccc2-c2ccc(N(c3ccc4c(c3)C(C)(C)c3ccccc3-4)c3c4c(cc5oc6ccc(-c7ccccc7)cc6c35)C3(c5ccccc5-c5ccccc53)c3ccccc3-4)cc21. The molecule has 1 spiro atoms. The van der Waals surface area contributed by atoms with Gasteiger partial charge < -0.3 is 9.32 Å². The van der Waals surface area contributed by atoms with Crippen LogP contribution in [0.3, 0.4) is 0 Å². The van der Waals surface area contributed by atoms with E-state index in [4.69, 9.17) is 4.42 Å². The van der Waals surface area contributed by atoms with E-state index >= 15 is 0 Å². The predicted molar refractivity (Wildman–Crippen MR) is 285 cm³/mol. The average molecular weight is 882 g/mol. The maximum Gasteiger partial charge on any atom is 0.137 e. The molecule has 0 aliphatic heterocycles. The molecule has 326 valence electrons. The minimum atomic E-state index is -0.578. The Morgan fingerprint density at radius 3 is 1.33 bits per heavy atom. The minimum absolute atomic E-state index is 0.204. The number of rotatable bonds is 4. The van der Waals surface area contributed by atoms with Gasteiger partial charge in [-0.3, -0.25) is 0 Å². The predicted octanol–water partition coefficient (Wildman–Crippen LogP) is 17.7. The first-order valence-corrected chi connectivity index (χ1v) is 24.4. The molecule has 11 aromatic rings. The van der Waals surface area contributed by atoms with Gasteiger partial charge in [0.05, 0.1) is 16.5 Å². The van der Waals surface area contributed by atoms with E-state index < -0.39 is 5.41 Å². The summed E-state index contributed by atoms with van der Waals surface area (Å²) in [6.45, 7) is 9.57. The molecule has 0 unspecified atom stereocenters. The molecular formula is C67H47NO. The van der Waals surface area contributed by atoms with E-state index in [1.165, 1.54) is 94.6 Å². The van der Waals surface area contributed by atoms with Crippen LogP contribution < -0.4 is 4.90 Å². The van der Waals surface area contributed by atoms with Crippen molar-refractivity contribution in [2.75, 3.05) is 4.90 Å². The number of benzene rings is 10. The summed E-state index contributed by atoms with van der Waals surface area (Å²) >= 11 is 0. The quantitative estimate of drug-likeness (QED) is 0.175. The van der Waals surface area contributed by atoms with Crippen LogP contribution >= 0.6 is 0 Å². The zero-order valence-corrected chi connectivity index (χ0v) is 39.1. The average Bonchev–Trinajstić information content (AvgIpc) is 4.13. The van der Waals surface area contributed by atoms with E-state index in [0.717, 1.165) is 44.6 Å². The van der Waals surface area contributed by atoms with Gasteiger partial charge in [-0.05, 0) is 137 Å². The standard InChI is InChI=1S/C67H47NO/c1-65(2)52-25-13-8-20-44(52)48-33-31-42(37-57(48)65)68(43-32-34-49-45-21-9-14-26-53(45)66(3,4)58(49)38-43)64-62-50-24-12-17-29-56(50)67(54-27-15-10-22-46(54)47-23-11-16-28-55(47)67)59(62)39-61-63(64)51-36-41(30-35-60(51)69-61)40-18-6-5-7-19-40/h5-39H,1-4H3. The number of hydrogen-bond donors (Lipinski definition) is 0. The fraction of sp³-hybridized carbons (Fsp3) is 0.104. The van der Waals surface area contributed by atoms with Gasteiger partial charge in [0.25, 0.3) is 0 Å². The summed E-state index contributed by atoms with van der Waals surface area (Å²) in [6, 6.07) is 79.9. The van der Waals surface area contributed by atoms with Gasteiger partial charge >= 0.3 is 0 Å². The Balaban J connectivity index is 1.12. The molecule has 0 amide bonds. The van der Waals surface area contributed by atoms with Crippen LogP contribution in [-0.2, 0) is 16.2 Å². The lowest BCUT2D eigenvalue weighted by atomic mass is 9.70. The first-order valence-electron chi connectivity index (χ1n) is 24.4. The highest BCUT2D eigenvalue weighted by Gasteiger charge is 2.53. The molecule has 4 aliphatic rings. The minimum Gasteiger partial charge on any atom is -0.456 e. The van der Waals surface area contributed by atoms with E-state index in [1.54, 1.807) is 0 Å².